The van der Waals surface area contributed by atoms with E-state index in [1.165, 1.54) is 6.42 Å². The van der Waals surface area contributed by atoms with Crippen LogP contribution in [0.2, 0.25) is 15.2 Å². The normalized spacial score (nSPS) is 21.8. The maximum Gasteiger partial charge on any atom is 0.150 e. The van der Waals surface area contributed by atoms with Crippen molar-refractivity contribution in [2.24, 2.45) is 10.8 Å². The van der Waals surface area contributed by atoms with Crippen molar-refractivity contribution in [3.8, 4) is 0 Å². The molecular formula is C15H21Cl3N2. The van der Waals surface area contributed by atoms with Crippen molar-refractivity contribution >= 4 is 40.6 Å². The zero-order chi connectivity index (χ0) is 15.1. The highest BCUT2D eigenvalue weighted by atomic mass is 35.5. The van der Waals surface area contributed by atoms with E-state index in [9.17, 15) is 0 Å². The van der Waals surface area contributed by atoms with Gasteiger partial charge in [-0.2, -0.15) is 0 Å². The van der Waals surface area contributed by atoms with Gasteiger partial charge in [-0.25, -0.2) is 4.98 Å². The van der Waals surface area contributed by atoms with Gasteiger partial charge in [-0.15, -0.1) is 0 Å². The third-order valence-corrected chi connectivity index (χ3v) is 4.74. The van der Waals surface area contributed by atoms with E-state index >= 15 is 0 Å². The van der Waals surface area contributed by atoms with E-state index in [1.807, 2.05) is 0 Å². The van der Waals surface area contributed by atoms with E-state index in [4.69, 9.17) is 34.8 Å². The zero-order valence-corrected chi connectivity index (χ0v) is 14.6. The van der Waals surface area contributed by atoms with Crippen molar-refractivity contribution in [3.63, 3.8) is 0 Å². The topological polar surface area (TPSA) is 24.9 Å². The summed E-state index contributed by atoms with van der Waals surface area (Å²) >= 11 is 18.1. The molecule has 1 heterocycles. The molecule has 0 amide bonds. The molecule has 0 atom stereocenters. The number of rotatable bonds is 2. The molecule has 0 aromatic carbocycles. The highest BCUT2D eigenvalue weighted by molar-refractivity contribution is 6.42. The lowest BCUT2D eigenvalue weighted by Crippen LogP contribution is -2.40. The van der Waals surface area contributed by atoms with Crippen LogP contribution in [0, 0.1) is 10.8 Å². The molecule has 2 nitrogen and oxygen atoms in total. The van der Waals surface area contributed by atoms with Crippen molar-refractivity contribution in [3.05, 3.63) is 21.3 Å². The molecule has 1 aliphatic carbocycles. The van der Waals surface area contributed by atoms with Gasteiger partial charge >= 0.3 is 0 Å². The average molecular weight is 336 g/mol. The Hall–Kier alpha value is -0.180. The summed E-state index contributed by atoms with van der Waals surface area (Å²) < 4.78 is 0. The summed E-state index contributed by atoms with van der Waals surface area (Å²) in [6.07, 6.45) is 3.41. The highest BCUT2D eigenvalue weighted by Crippen LogP contribution is 2.46. The third-order valence-electron chi connectivity index (χ3n) is 3.78. The molecule has 0 unspecified atom stereocenters. The Morgan fingerprint density at radius 1 is 1.05 bits per heavy atom. The summed E-state index contributed by atoms with van der Waals surface area (Å²) in [5, 5.41) is 4.62. The zero-order valence-electron chi connectivity index (χ0n) is 12.4. The van der Waals surface area contributed by atoms with Crippen molar-refractivity contribution in [1.29, 1.82) is 0 Å². The number of hydrogen-bond acceptors (Lipinski definition) is 2. The average Bonchev–Trinajstić information content (AvgIpc) is 2.21. The monoisotopic (exact) mass is 334 g/mol. The van der Waals surface area contributed by atoms with E-state index < -0.39 is 0 Å². The van der Waals surface area contributed by atoms with Gasteiger partial charge in [-0.3, -0.25) is 0 Å². The maximum atomic E-state index is 6.19. The summed E-state index contributed by atoms with van der Waals surface area (Å²) in [6.45, 7) is 9.25. The minimum atomic E-state index is 0.285. The number of anilines is 1. The number of nitrogens with zero attached hydrogens (tertiary/aromatic N) is 1. The van der Waals surface area contributed by atoms with Crippen molar-refractivity contribution in [1.82, 2.24) is 4.98 Å². The molecule has 0 radical (unpaired) electrons. The largest absolute Gasteiger partial charge is 0.366 e. The third kappa shape index (κ3) is 3.93. The van der Waals surface area contributed by atoms with Crippen LogP contribution in [-0.4, -0.2) is 11.0 Å². The SMILES string of the molecule is CC1(C)CC(Nc2nc(Cl)c(Cl)cc2Cl)CC(C)(C)C1. The molecule has 1 aliphatic rings. The molecule has 1 aromatic rings. The molecule has 0 spiro atoms. The van der Waals surface area contributed by atoms with Gasteiger partial charge in [0.15, 0.2) is 0 Å². The first-order valence-electron chi connectivity index (χ1n) is 6.86. The van der Waals surface area contributed by atoms with Crippen molar-refractivity contribution in [2.75, 3.05) is 5.32 Å². The van der Waals surface area contributed by atoms with Gasteiger partial charge in [0.2, 0.25) is 0 Å². The van der Waals surface area contributed by atoms with E-state index in [0.717, 1.165) is 12.8 Å². The fourth-order valence-electron chi connectivity index (χ4n) is 3.69. The van der Waals surface area contributed by atoms with Crippen LogP contribution in [0.4, 0.5) is 5.82 Å². The maximum absolute atomic E-state index is 6.19. The minimum Gasteiger partial charge on any atom is -0.366 e. The quantitative estimate of drug-likeness (QED) is 0.664. The van der Waals surface area contributed by atoms with Gasteiger partial charge < -0.3 is 5.32 Å². The summed E-state index contributed by atoms with van der Waals surface area (Å²) in [7, 11) is 0. The van der Waals surface area contributed by atoms with Crippen LogP contribution in [0.1, 0.15) is 47.0 Å². The Kier molecular flexibility index (Phi) is 4.49. The minimum absolute atomic E-state index is 0.285. The fraction of sp³-hybridized carbons (Fsp3) is 0.667. The van der Waals surface area contributed by atoms with Crippen LogP contribution in [0.25, 0.3) is 0 Å². The molecule has 0 saturated heterocycles. The lowest BCUT2D eigenvalue weighted by molar-refractivity contribution is 0.105. The van der Waals surface area contributed by atoms with E-state index in [-0.39, 0.29) is 5.15 Å². The van der Waals surface area contributed by atoms with Crippen LogP contribution in [0.5, 0.6) is 0 Å². The first-order valence-corrected chi connectivity index (χ1v) is 7.99. The number of nitrogens with one attached hydrogen (secondary N) is 1. The smallest absolute Gasteiger partial charge is 0.150 e. The predicted octanol–water partition coefficient (Wildman–Crippen LogP) is 6.06. The highest BCUT2D eigenvalue weighted by Gasteiger charge is 2.38. The van der Waals surface area contributed by atoms with Gasteiger partial charge in [0.05, 0.1) is 10.0 Å². The molecule has 1 N–H and O–H groups in total. The second-order valence-corrected chi connectivity index (χ2v) is 8.52. The van der Waals surface area contributed by atoms with Crippen LogP contribution in [0.3, 0.4) is 0 Å². The summed E-state index contributed by atoms with van der Waals surface area (Å²) in [5.41, 5.74) is 0.615. The van der Waals surface area contributed by atoms with Crippen molar-refractivity contribution in [2.45, 2.75) is 53.0 Å². The van der Waals surface area contributed by atoms with Gasteiger partial charge in [-0.05, 0) is 36.2 Å². The van der Waals surface area contributed by atoms with Crippen LogP contribution in [0.15, 0.2) is 6.07 Å². The van der Waals surface area contributed by atoms with Crippen LogP contribution < -0.4 is 5.32 Å². The Balaban J connectivity index is 2.19. The van der Waals surface area contributed by atoms with Crippen molar-refractivity contribution < 1.29 is 0 Å². The molecule has 5 heteroatoms. The Bertz CT molecular complexity index is 496. The van der Waals surface area contributed by atoms with Crippen LogP contribution in [-0.2, 0) is 0 Å². The Morgan fingerprint density at radius 3 is 2.15 bits per heavy atom. The predicted molar refractivity (Wildman–Crippen MR) is 88.1 cm³/mol. The Labute approximate surface area is 136 Å². The molecule has 1 fully saturated rings. The lowest BCUT2D eigenvalue weighted by atomic mass is 9.63. The lowest BCUT2D eigenvalue weighted by Gasteiger charge is -2.45. The molecule has 2 rings (SSSR count). The molecule has 112 valence electrons. The van der Waals surface area contributed by atoms with Crippen LogP contribution >= 0.6 is 34.8 Å². The molecule has 1 saturated carbocycles. The van der Waals surface area contributed by atoms with E-state index in [0.29, 0.717) is 32.7 Å². The number of halogens is 3. The second kappa shape index (κ2) is 5.55. The molecular weight excluding hydrogens is 315 g/mol. The first kappa shape index (κ1) is 16.2. The number of aromatic nitrogens is 1. The molecule has 0 bridgehead atoms. The first-order chi connectivity index (χ1) is 9.08. The molecule has 20 heavy (non-hydrogen) atoms. The second-order valence-electron chi connectivity index (χ2n) is 7.35. The molecule has 1 aromatic heterocycles. The summed E-state index contributed by atoms with van der Waals surface area (Å²) in [4.78, 5) is 4.25. The summed E-state index contributed by atoms with van der Waals surface area (Å²) in [6, 6.07) is 1.98. The summed E-state index contributed by atoms with van der Waals surface area (Å²) in [5.74, 6) is 0.625. The number of hydrogen-bond donors (Lipinski definition) is 1. The standard InChI is InChI=1S/C15H21Cl3N2/c1-14(2)6-9(7-15(3,4)8-14)19-13-11(17)5-10(16)12(18)20-13/h5,9H,6-8H2,1-4H3,(H,19,20). The fourth-order valence-corrected chi connectivity index (χ4v) is 4.24. The molecule has 0 aliphatic heterocycles. The van der Waals surface area contributed by atoms with E-state index in [1.54, 1.807) is 6.07 Å². The van der Waals surface area contributed by atoms with Gasteiger partial charge in [-0.1, -0.05) is 62.5 Å². The van der Waals surface area contributed by atoms with Gasteiger partial charge in [0, 0.05) is 6.04 Å². The number of pyridine rings is 1. The van der Waals surface area contributed by atoms with Gasteiger partial charge in [0.25, 0.3) is 0 Å². The Morgan fingerprint density at radius 2 is 1.60 bits per heavy atom. The van der Waals surface area contributed by atoms with E-state index in [2.05, 4.69) is 38.0 Å². The van der Waals surface area contributed by atoms with Gasteiger partial charge in [0.1, 0.15) is 11.0 Å².